The molecule has 10 nitrogen and oxygen atoms in total. The minimum atomic E-state index is -0.870. The highest BCUT2D eigenvalue weighted by molar-refractivity contribution is 5.67. The highest BCUT2D eigenvalue weighted by atomic mass is 16.5. The average Bonchev–Trinajstić information content (AvgIpc) is 2.59. The van der Waals surface area contributed by atoms with E-state index in [4.69, 9.17) is 40.1 Å². The second kappa shape index (κ2) is 24.7. The number of unbranched alkanes of at least 4 members (excludes halogenated alkanes) is 1. The lowest BCUT2D eigenvalue weighted by Crippen LogP contribution is -2.15. The summed E-state index contributed by atoms with van der Waals surface area (Å²) < 4.78 is 9.58. The van der Waals surface area contributed by atoms with Gasteiger partial charge in [0.25, 0.3) is 0 Å². The van der Waals surface area contributed by atoms with Crippen molar-refractivity contribution in [3.63, 3.8) is 0 Å². The molecule has 0 saturated carbocycles. The van der Waals surface area contributed by atoms with Crippen molar-refractivity contribution in [1.82, 2.24) is 0 Å². The second-order valence-corrected chi connectivity index (χ2v) is 5.50. The first-order valence-corrected chi connectivity index (χ1v) is 8.88. The molecule has 0 bridgehead atoms. The first-order chi connectivity index (χ1) is 12.7. The number of carboxylic acids is 2. The molecule has 0 aliphatic carbocycles. The highest BCUT2D eigenvalue weighted by Crippen LogP contribution is 1.98. The lowest BCUT2D eigenvalue weighted by atomic mass is 10.2. The molecular weight excluding hydrogens is 364 g/mol. The molecule has 0 aliphatic heterocycles. The fraction of sp³-hybridized carbons (Fsp3) is 0.882. The molecule has 0 aromatic heterocycles. The molecule has 27 heavy (non-hydrogen) atoms. The zero-order valence-corrected chi connectivity index (χ0v) is 16.2. The number of ether oxygens (including phenoxy) is 2. The number of rotatable bonds is 14. The van der Waals surface area contributed by atoms with Crippen LogP contribution in [0.2, 0.25) is 0 Å². The van der Waals surface area contributed by atoms with Gasteiger partial charge in [-0.3, -0.25) is 9.59 Å². The highest BCUT2D eigenvalue weighted by Gasteiger charge is 1.99. The Bertz CT molecular complexity index is 307. The summed E-state index contributed by atoms with van der Waals surface area (Å²) in [5.41, 5.74) is 0. The quantitative estimate of drug-likeness (QED) is 0.215. The van der Waals surface area contributed by atoms with Crippen LogP contribution in [0.4, 0.5) is 0 Å². The Morgan fingerprint density at radius 1 is 0.852 bits per heavy atom. The van der Waals surface area contributed by atoms with Crippen LogP contribution in [-0.4, -0.2) is 94.4 Å². The largest absolute Gasteiger partial charge is 0.481 e. The van der Waals surface area contributed by atoms with Crippen molar-refractivity contribution in [2.45, 2.75) is 58.2 Å². The molecule has 0 amide bonds. The van der Waals surface area contributed by atoms with Crippen molar-refractivity contribution in [3.8, 4) is 0 Å². The van der Waals surface area contributed by atoms with E-state index in [1.54, 1.807) is 6.92 Å². The molecule has 2 atom stereocenters. The average molecular weight is 400 g/mol. The smallest absolute Gasteiger partial charge is 0.303 e. The van der Waals surface area contributed by atoms with Gasteiger partial charge in [0.15, 0.2) is 0 Å². The van der Waals surface area contributed by atoms with Gasteiger partial charge in [0, 0.05) is 12.8 Å². The van der Waals surface area contributed by atoms with Crippen molar-refractivity contribution in [2.75, 3.05) is 39.6 Å². The minimum absolute atomic E-state index is 0.0206. The van der Waals surface area contributed by atoms with Crippen LogP contribution >= 0.6 is 0 Å². The van der Waals surface area contributed by atoms with Crippen LogP contribution in [0, 0.1) is 0 Å². The Morgan fingerprint density at radius 2 is 1.26 bits per heavy atom. The Labute approximate surface area is 160 Å². The van der Waals surface area contributed by atoms with Crippen LogP contribution in [0.3, 0.4) is 0 Å². The van der Waals surface area contributed by atoms with E-state index in [2.05, 4.69) is 0 Å². The topological polar surface area (TPSA) is 174 Å². The van der Waals surface area contributed by atoms with Gasteiger partial charge >= 0.3 is 11.9 Å². The zero-order chi connectivity index (χ0) is 21.5. The molecule has 10 heteroatoms. The molecular formula is C17H36O10. The van der Waals surface area contributed by atoms with Crippen LogP contribution in [0.25, 0.3) is 0 Å². The Kier molecular flexibility index (Phi) is 27.8. The van der Waals surface area contributed by atoms with Crippen molar-refractivity contribution in [2.24, 2.45) is 0 Å². The Hall–Kier alpha value is -1.30. The lowest BCUT2D eigenvalue weighted by Gasteiger charge is -2.06. The van der Waals surface area contributed by atoms with Gasteiger partial charge < -0.3 is 40.1 Å². The Balaban J connectivity index is -0.000000322. The number of hydrogen-bond acceptors (Lipinski definition) is 8. The van der Waals surface area contributed by atoms with E-state index in [1.807, 2.05) is 6.92 Å². The summed E-state index contributed by atoms with van der Waals surface area (Å²) >= 11 is 0. The van der Waals surface area contributed by atoms with Gasteiger partial charge in [-0.05, 0) is 26.2 Å². The fourth-order valence-corrected chi connectivity index (χ4v) is 1.27. The van der Waals surface area contributed by atoms with E-state index in [1.165, 1.54) is 0 Å². The van der Waals surface area contributed by atoms with Crippen molar-refractivity contribution >= 4 is 11.9 Å². The molecule has 164 valence electrons. The molecule has 0 spiro atoms. The molecule has 0 aliphatic rings. The van der Waals surface area contributed by atoms with E-state index in [0.29, 0.717) is 45.7 Å². The first-order valence-electron chi connectivity index (χ1n) is 8.88. The maximum Gasteiger partial charge on any atom is 0.303 e. The Morgan fingerprint density at radius 3 is 1.56 bits per heavy atom. The van der Waals surface area contributed by atoms with Gasteiger partial charge in [-0.2, -0.15) is 0 Å². The summed E-state index contributed by atoms with van der Waals surface area (Å²) in [6, 6.07) is 0. The van der Waals surface area contributed by atoms with Crippen LogP contribution < -0.4 is 0 Å². The number of carbonyl (C=O) groups is 2. The van der Waals surface area contributed by atoms with Gasteiger partial charge in [0.2, 0.25) is 0 Å². The third-order valence-corrected chi connectivity index (χ3v) is 2.64. The van der Waals surface area contributed by atoms with E-state index >= 15 is 0 Å². The van der Waals surface area contributed by atoms with Crippen molar-refractivity contribution in [3.05, 3.63) is 0 Å². The zero-order valence-electron chi connectivity index (χ0n) is 16.2. The summed E-state index contributed by atoms with van der Waals surface area (Å²) in [6.45, 7) is 4.83. The van der Waals surface area contributed by atoms with Gasteiger partial charge in [0.05, 0.1) is 51.8 Å². The van der Waals surface area contributed by atoms with E-state index in [9.17, 15) is 9.59 Å². The predicted octanol–water partition coefficient (Wildman–Crippen LogP) is -0.142. The van der Waals surface area contributed by atoms with Crippen molar-refractivity contribution in [1.29, 1.82) is 0 Å². The maximum atomic E-state index is 9.90. The number of aliphatic hydroxyl groups is 4. The molecule has 2 unspecified atom stereocenters. The number of aliphatic carboxylic acids is 2. The number of aliphatic hydroxyl groups excluding tert-OH is 4. The van der Waals surface area contributed by atoms with Crippen LogP contribution in [-0.2, 0) is 19.1 Å². The number of hydrogen-bond donors (Lipinski definition) is 6. The first kappa shape index (κ1) is 30.4. The normalized spacial score (nSPS) is 12.1. The van der Waals surface area contributed by atoms with Gasteiger partial charge in [-0.15, -0.1) is 0 Å². The van der Waals surface area contributed by atoms with Crippen molar-refractivity contribution < 1.29 is 49.7 Å². The van der Waals surface area contributed by atoms with E-state index in [0.717, 1.165) is 0 Å². The molecule has 0 rings (SSSR count). The maximum absolute atomic E-state index is 9.90. The predicted molar refractivity (Wildman–Crippen MR) is 97.5 cm³/mol. The van der Waals surface area contributed by atoms with Crippen LogP contribution in [0.15, 0.2) is 0 Å². The second-order valence-electron chi connectivity index (χ2n) is 5.50. The summed E-state index contributed by atoms with van der Waals surface area (Å²) in [5.74, 6) is -1.74. The molecule has 6 N–H and O–H groups in total. The third-order valence-electron chi connectivity index (χ3n) is 2.64. The SMILES string of the molecule is CC(O)COCCO.CCC(O)COCCO.O=C(O)CCCCC(=O)O. The lowest BCUT2D eigenvalue weighted by molar-refractivity contribution is -0.139. The van der Waals surface area contributed by atoms with Gasteiger partial charge in [-0.1, -0.05) is 6.92 Å². The monoisotopic (exact) mass is 400 g/mol. The minimum Gasteiger partial charge on any atom is -0.481 e. The van der Waals surface area contributed by atoms with Crippen LogP contribution in [0.5, 0.6) is 0 Å². The summed E-state index contributed by atoms with van der Waals surface area (Å²) in [6.07, 6.45) is 0.910. The van der Waals surface area contributed by atoms with Crippen LogP contribution in [0.1, 0.15) is 46.0 Å². The summed E-state index contributed by atoms with van der Waals surface area (Å²) in [4.78, 5) is 19.8. The molecule has 0 aromatic carbocycles. The number of carboxylic acid groups (broad SMARTS) is 2. The van der Waals surface area contributed by atoms with E-state index in [-0.39, 0.29) is 32.2 Å². The standard InChI is InChI=1S/C6H10O4.C6H14O3.C5H12O3/c7-5(8)3-1-2-4-6(9)10;1-2-6(8)5-9-4-3-7;1-5(7)4-8-3-2-6/h1-4H2,(H,7,8)(H,9,10);6-8H,2-5H2,1H3;5-7H,2-4H2,1H3. The summed E-state index contributed by atoms with van der Waals surface area (Å²) in [5, 5.41) is 50.1. The third kappa shape index (κ3) is 40.6. The molecule has 0 aromatic rings. The molecule has 0 heterocycles. The summed E-state index contributed by atoms with van der Waals surface area (Å²) in [7, 11) is 0. The van der Waals surface area contributed by atoms with Gasteiger partial charge in [-0.25, -0.2) is 0 Å². The molecule has 0 saturated heterocycles. The molecule has 0 radical (unpaired) electrons. The molecule has 0 fully saturated rings. The van der Waals surface area contributed by atoms with E-state index < -0.39 is 18.0 Å². The van der Waals surface area contributed by atoms with Gasteiger partial charge in [0.1, 0.15) is 0 Å². The fourth-order valence-electron chi connectivity index (χ4n) is 1.27.